The predicted molar refractivity (Wildman–Crippen MR) is 108 cm³/mol. The molecule has 0 saturated carbocycles. The van der Waals surface area contributed by atoms with Gasteiger partial charge in [-0.1, -0.05) is 19.1 Å². The molecule has 0 aliphatic rings. The van der Waals surface area contributed by atoms with Crippen LogP contribution in [0, 0.1) is 0 Å². The summed E-state index contributed by atoms with van der Waals surface area (Å²) < 4.78 is 26.2. The van der Waals surface area contributed by atoms with Crippen LogP contribution in [0.3, 0.4) is 0 Å². The first-order valence-corrected chi connectivity index (χ1v) is 11.3. The van der Waals surface area contributed by atoms with Gasteiger partial charge < -0.3 is 0 Å². The van der Waals surface area contributed by atoms with E-state index in [4.69, 9.17) is 0 Å². The fourth-order valence-electron chi connectivity index (χ4n) is 2.26. The van der Waals surface area contributed by atoms with E-state index in [1.54, 1.807) is 36.5 Å². The third-order valence-electron chi connectivity index (χ3n) is 3.37. The summed E-state index contributed by atoms with van der Waals surface area (Å²) in [4.78, 5) is 17.9. The summed E-state index contributed by atoms with van der Waals surface area (Å²) >= 11 is 2.93. The summed E-state index contributed by atoms with van der Waals surface area (Å²) in [5, 5.41) is 7.10. The molecule has 136 valence electrons. The minimum absolute atomic E-state index is 0.0358. The lowest BCUT2D eigenvalue weighted by molar-refractivity contribution is 0.102. The molecule has 0 aliphatic carbocycles. The van der Waals surface area contributed by atoms with Crippen molar-refractivity contribution in [1.82, 2.24) is 4.98 Å². The quantitative estimate of drug-likeness (QED) is 0.612. The molecule has 1 aromatic carbocycles. The van der Waals surface area contributed by atoms with Crippen LogP contribution in [0.5, 0.6) is 0 Å². The highest BCUT2D eigenvalue weighted by Crippen LogP contribution is 2.28. The van der Waals surface area contributed by atoms with Crippen molar-refractivity contribution in [3.8, 4) is 10.6 Å². The van der Waals surface area contributed by atoms with Crippen molar-refractivity contribution in [3.05, 3.63) is 52.7 Å². The van der Waals surface area contributed by atoms with Gasteiger partial charge in [0.2, 0.25) is 10.0 Å². The molecule has 6 nitrogen and oxygen atoms in total. The van der Waals surface area contributed by atoms with E-state index in [9.17, 15) is 13.2 Å². The number of aromatic nitrogens is 1. The Morgan fingerprint density at radius 2 is 2.04 bits per heavy atom. The minimum Gasteiger partial charge on any atom is -0.298 e. The van der Waals surface area contributed by atoms with Crippen molar-refractivity contribution in [2.45, 2.75) is 13.3 Å². The van der Waals surface area contributed by atoms with Crippen LogP contribution in [0.1, 0.15) is 23.7 Å². The van der Waals surface area contributed by atoms with E-state index in [1.807, 2.05) is 22.9 Å². The molecule has 0 spiro atoms. The van der Waals surface area contributed by atoms with Gasteiger partial charge in [0.25, 0.3) is 5.91 Å². The lowest BCUT2D eigenvalue weighted by Gasteiger charge is -2.08. The summed E-state index contributed by atoms with van der Waals surface area (Å²) in [6, 6.07) is 10.3. The van der Waals surface area contributed by atoms with Gasteiger partial charge in [-0.05, 0) is 36.1 Å². The molecule has 1 amide bonds. The van der Waals surface area contributed by atoms with E-state index in [0.29, 0.717) is 22.8 Å². The highest BCUT2D eigenvalue weighted by atomic mass is 32.2. The first-order chi connectivity index (χ1) is 12.5. The third-order valence-corrected chi connectivity index (χ3v) is 6.51. The second kappa shape index (κ2) is 7.98. The number of nitrogens with one attached hydrogen (secondary N) is 2. The van der Waals surface area contributed by atoms with Crippen LogP contribution in [-0.2, 0) is 10.0 Å². The largest absolute Gasteiger partial charge is 0.298 e. The summed E-state index contributed by atoms with van der Waals surface area (Å²) in [7, 11) is -3.40. The zero-order valence-electron chi connectivity index (χ0n) is 13.9. The van der Waals surface area contributed by atoms with E-state index in [-0.39, 0.29) is 11.7 Å². The standard InChI is InChI=1S/C17H17N3O3S3/c1-2-9-26(22,23)20-13-6-3-5-12(10-13)16(21)19-17-18-14(11-25-17)15-7-4-8-24-15/h3-8,10-11,20H,2,9H2,1H3,(H,18,19,21). The fraction of sp³-hybridized carbons (Fsp3) is 0.176. The summed E-state index contributed by atoms with van der Waals surface area (Å²) in [5.41, 5.74) is 1.54. The normalized spacial score (nSPS) is 11.3. The highest BCUT2D eigenvalue weighted by Gasteiger charge is 2.13. The molecule has 0 fully saturated rings. The number of carbonyl (C=O) groups excluding carboxylic acids is 1. The molecule has 0 bridgehead atoms. The fourth-order valence-corrected chi connectivity index (χ4v) is 4.85. The molecule has 0 saturated heterocycles. The summed E-state index contributed by atoms with van der Waals surface area (Å²) in [6.07, 6.45) is 0.520. The Bertz CT molecular complexity index is 995. The number of thiophene rings is 1. The van der Waals surface area contributed by atoms with Crippen LogP contribution >= 0.6 is 22.7 Å². The van der Waals surface area contributed by atoms with Gasteiger partial charge in [-0.2, -0.15) is 0 Å². The predicted octanol–water partition coefficient (Wildman–Crippen LogP) is 4.28. The molecule has 0 unspecified atom stereocenters. The van der Waals surface area contributed by atoms with E-state index < -0.39 is 10.0 Å². The van der Waals surface area contributed by atoms with Gasteiger partial charge in [-0.3, -0.25) is 14.8 Å². The van der Waals surface area contributed by atoms with E-state index >= 15 is 0 Å². The molecule has 3 rings (SSSR count). The molecule has 3 aromatic rings. The second-order valence-corrected chi connectivity index (χ2v) is 9.12. The van der Waals surface area contributed by atoms with Crippen molar-refractivity contribution in [3.63, 3.8) is 0 Å². The summed E-state index contributed by atoms with van der Waals surface area (Å²) in [6.45, 7) is 1.79. The monoisotopic (exact) mass is 407 g/mol. The van der Waals surface area contributed by atoms with E-state index in [0.717, 1.165) is 10.6 Å². The van der Waals surface area contributed by atoms with Crippen LogP contribution in [0.4, 0.5) is 10.8 Å². The Morgan fingerprint density at radius 1 is 1.19 bits per heavy atom. The smallest absolute Gasteiger partial charge is 0.257 e. The maximum atomic E-state index is 12.4. The number of carbonyl (C=O) groups is 1. The number of hydrogen-bond acceptors (Lipinski definition) is 6. The Balaban J connectivity index is 1.71. The maximum Gasteiger partial charge on any atom is 0.257 e. The Morgan fingerprint density at radius 3 is 2.77 bits per heavy atom. The molecule has 26 heavy (non-hydrogen) atoms. The van der Waals surface area contributed by atoms with Gasteiger partial charge >= 0.3 is 0 Å². The zero-order valence-corrected chi connectivity index (χ0v) is 16.4. The van der Waals surface area contributed by atoms with Crippen LogP contribution in [0.25, 0.3) is 10.6 Å². The molecular formula is C17H17N3O3S3. The molecular weight excluding hydrogens is 390 g/mol. The molecule has 2 N–H and O–H groups in total. The number of thiazole rings is 1. The number of hydrogen-bond donors (Lipinski definition) is 2. The number of benzene rings is 1. The van der Waals surface area contributed by atoms with Gasteiger partial charge in [0.05, 0.1) is 16.3 Å². The lowest BCUT2D eigenvalue weighted by atomic mass is 10.2. The molecule has 0 atom stereocenters. The van der Waals surface area contributed by atoms with Crippen LogP contribution in [-0.4, -0.2) is 25.1 Å². The van der Waals surface area contributed by atoms with Crippen molar-refractivity contribution >= 4 is 49.4 Å². The third kappa shape index (κ3) is 4.69. The average Bonchev–Trinajstić information content (AvgIpc) is 3.25. The van der Waals surface area contributed by atoms with E-state index in [2.05, 4.69) is 15.0 Å². The second-order valence-electron chi connectivity index (χ2n) is 5.47. The van der Waals surface area contributed by atoms with Crippen LogP contribution < -0.4 is 10.0 Å². The SMILES string of the molecule is CCCS(=O)(=O)Nc1cccc(C(=O)Nc2nc(-c3cccs3)cs2)c1. The van der Waals surface area contributed by atoms with Gasteiger partial charge in [-0.25, -0.2) is 13.4 Å². The Labute approximate surface area is 160 Å². The molecule has 2 aromatic heterocycles. The van der Waals surface area contributed by atoms with Gasteiger partial charge in [0.15, 0.2) is 5.13 Å². The van der Waals surface area contributed by atoms with Crippen LogP contribution in [0.15, 0.2) is 47.2 Å². The van der Waals surface area contributed by atoms with Gasteiger partial charge in [0, 0.05) is 16.6 Å². The molecule has 9 heteroatoms. The van der Waals surface area contributed by atoms with E-state index in [1.165, 1.54) is 17.4 Å². The van der Waals surface area contributed by atoms with Crippen molar-refractivity contribution < 1.29 is 13.2 Å². The minimum atomic E-state index is -3.40. The number of amides is 1. The average molecular weight is 408 g/mol. The van der Waals surface area contributed by atoms with Crippen LogP contribution in [0.2, 0.25) is 0 Å². The summed E-state index contributed by atoms with van der Waals surface area (Å²) in [5.74, 6) is -0.303. The first kappa shape index (κ1) is 18.6. The van der Waals surface area contributed by atoms with Crippen molar-refractivity contribution in [2.24, 2.45) is 0 Å². The number of rotatable bonds is 7. The topological polar surface area (TPSA) is 88.2 Å². The number of anilines is 2. The van der Waals surface area contributed by atoms with Gasteiger partial charge in [0.1, 0.15) is 0 Å². The number of nitrogens with zero attached hydrogens (tertiary/aromatic N) is 1. The maximum absolute atomic E-state index is 12.4. The first-order valence-electron chi connectivity index (χ1n) is 7.88. The number of sulfonamides is 1. The van der Waals surface area contributed by atoms with Crippen molar-refractivity contribution in [1.29, 1.82) is 0 Å². The highest BCUT2D eigenvalue weighted by molar-refractivity contribution is 7.92. The lowest BCUT2D eigenvalue weighted by Crippen LogP contribution is -2.17. The zero-order chi connectivity index (χ0) is 18.6. The Hall–Kier alpha value is -2.23. The Kier molecular flexibility index (Phi) is 5.70. The van der Waals surface area contributed by atoms with Crippen molar-refractivity contribution in [2.75, 3.05) is 15.8 Å². The van der Waals surface area contributed by atoms with Gasteiger partial charge in [-0.15, -0.1) is 22.7 Å². The molecule has 0 aliphatic heterocycles. The molecule has 0 radical (unpaired) electrons. The molecule has 2 heterocycles.